The van der Waals surface area contributed by atoms with Crippen molar-refractivity contribution in [1.29, 1.82) is 21.0 Å². The molecule has 18 heavy (non-hydrogen) atoms. The second-order valence-corrected chi connectivity index (χ2v) is 3.65. The van der Waals surface area contributed by atoms with E-state index in [4.69, 9.17) is 32.6 Å². The topological polar surface area (TPSA) is 95.2 Å². The number of halogens is 1. The second kappa shape index (κ2) is 6.07. The Balaban J connectivity index is 3.52. The van der Waals surface area contributed by atoms with E-state index in [1.807, 2.05) is 0 Å². The molecule has 0 saturated carbocycles. The first kappa shape index (κ1) is 13.3. The Labute approximate surface area is 109 Å². The summed E-state index contributed by atoms with van der Waals surface area (Å²) in [6, 6.07) is 13.2. The average molecular weight is 253 g/mol. The summed E-state index contributed by atoms with van der Waals surface area (Å²) in [5, 5.41) is 36.0. The Morgan fingerprint density at radius 3 is 1.83 bits per heavy atom. The van der Waals surface area contributed by atoms with Crippen LogP contribution in [0.3, 0.4) is 0 Å². The fourth-order valence-corrected chi connectivity index (χ4v) is 1.51. The van der Waals surface area contributed by atoms with E-state index in [0.29, 0.717) is 10.6 Å². The van der Waals surface area contributed by atoms with Gasteiger partial charge in [-0.1, -0.05) is 23.7 Å². The molecule has 0 aliphatic heterocycles. The van der Waals surface area contributed by atoms with E-state index < -0.39 is 5.92 Å². The molecule has 0 radical (unpaired) electrons. The lowest BCUT2D eigenvalue weighted by molar-refractivity contribution is 1.11. The Morgan fingerprint density at radius 1 is 0.944 bits per heavy atom. The van der Waals surface area contributed by atoms with Crippen molar-refractivity contribution in [2.45, 2.75) is 0 Å². The van der Waals surface area contributed by atoms with Gasteiger partial charge in [0.25, 0.3) is 0 Å². The summed E-state index contributed by atoms with van der Waals surface area (Å²) in [6.07, 6.45) is 0. The van der Waals surface area contributed by atoms with Crippen molar-refractivity contribution in [1.82, 2.24) is 0 Å². The van der Waals surface area contributed by atoms with Crippen LogP contribution in [0.5, 0.6) is 0 Å². The molecule has 0 aliphatic carbocycles. The summed E-state index contributed by atoms with van der Waals surface area (Å²) in [6.45, 7) is 0. The van der Waals surface area contributed by atoms with E-state index in [1.54, 1.807) is 48.5 Å². The summed E-state index contributed by atoms with van der Waals surface area (Å²) in [4.78, 5) is 0. The van der Waals surface area contributed by atoms with Gasteiger partial charge in [0.05, 0.1) is 12.1 Å². The molecule has 0 bridgehead atoms. The van der Waals surface area contributed by atoms with Gasteiger partial charge in [-0.05, 0) is 17.7 Å². The predicted octanol–water partition coefficient (Wildman–Crippen LogP) is 2.80. The molecular formula is C13H5ClN4. The fraction of sp³-hybridized carbons (Fsp3) is 0.0769. The van der Waals surface area contributed by atoms with Gasteiger partial charge in [-0.15, -0.1) is 0 Å². The van der Waals surface area contributed by atoms with Crippen molar-refractivity contribution in [3.63, 3.8) is 0 Å². The van der Waals surface area contributed by atoms with Crippen molar-refractivity contribution in [3.8, 4) is 24.3 Å². The lowest BCUT2D eigenvalue weighted by Gasteiger charge is -2.07. The highest BCUT2D eigenvalue weighted by atomic mass is 35.5. The van der Waals surface area contributed by atoms with Crippen LogP contribution in [0.25, 0.3) is 5.57 Å². The van der Waals surface area contributed by atoms with Crippen LogP contribution < -0.4 is 0 Å². The maximum atomic E-state index is 8.90. The quantitative estimate of drug-likeness (QED) is 0.756. The highest BCUT2D eigenvalue weighted by molar-refractivity contribution is 6.30. The summed E-state index contributed by atoms with van der Waals surface area (Å²) in [5.41, 5.74) is 0.331. The van der Waals surface area contributed by atoms with Crippen LogP contribution in [-0.4, -0.2) is 0 Å². The van der Waals surface area contributed by atoms with Crippen LogP contribution >= 0.6 is 11.6 Å². The maximum absolute atomic E-state index is 8.90. The molecule has 0 aliphatic rings. The van der Waals surface area contributed by atoms with Gasteiger partial charge in [0.2, 0.25) is 0 Å². The third-order valence-corrected chi connectivity index (χ3v) is 2.45. The van der Waals surface area contributed by atoms with Gasteiger partial charge in [-0.25, -0.2) is 0 Å². The molecular weight excluding hydrogens is 248 g/mol. The van der Waals surface area contributed by atoms with Crippen LogP contribution in [-0.2, 0) is 0 Å². The van der Waals surface area contributed by atoms with Crippen LogP contribution in [0, 0.1) is 51.2 Å². The van der Waals surface area contributed by atoms with Crippen molar-refractivity contribution in [2.24, 2.45) is 5.92 Å². The zero-order valence-corrected chi connectivity index (χ0v) is 9.81. The molecule has 0 fully saturated rings. The molecule has 0 spiro atoms. The van der Waals surface area contributed by atoms with Gasteiger partial charge in [0.15, 0.2) is 5.92 Å². The maximum Gasteiger partial charge on any atom is 0.160 e. The molecule has 0 unspecified atom stereocenters. The van der Waals surface area contributed by atoms with Gasteiger partial charge < -0.3 is 0 Å². The molecule has 0 amide bonds. The van der Waals surface area contributed by atoms with E-state index in [9.17, 15) is 0 Å². The predicted molar refractivity (Wildman–Crippen MR) is 64.3 cm³/mol. The van der Waals surface area contributed by atoms with Crippen LogP contribution in [0.2, 0.25) is 5.02 Å². The normalized spacial score (nSPS) is 8.56. The van der Waals surface area contributed by atoms with Crippen LogP contribution in [0.4, 0.5) is 0 Å². The number of allylic oxidation sites excluding steroid dienone is 2. The van der Waals surface area contributed by atoms with E-state index >= 15 is 0 Å². The first-order valence-corrected chi connectivity index (χ1v) is 5.15. The summed E-state index contributed by atoms with van der Waals surface area (Å²) in [7, 11) is 0. The summed E-state index contributed by atoms with van der Waals surface area (Å²) < 4.78 is 0. The van der Waals surface area contributed by atoms with E-state index in [2.05, 4.69) is 0 Å². The monoisotopic (exact) mass is 252 g/mol. The molecule has 0 aromatic heterocycles. The Kier molecular flexibility index (Phi) is 4.48. The number of hydrogen-bond donors (Lipinski definition) is 0. The standard InChI is InChI=1S/C13H5ClN4/c14-12-3-1-9(2-4-12)13(10(5-15)6-16)11(7-17)8-18/h1-4,10H. The zero-order valence-electron chi connectivity index (χ0n) is 9.05. The van der Waals surface area contributed by atoms with Crippen LogP contribution in [0.15, 0.2) is 29.8 Å². The molecule has 0 atom stereocenters. The number of rotatable bonds is 2. The largest absolute Gasteiger partial charge is 0.196 e. The molecule has 84 valence electrons. The van der Waals surface area contributed by atoms with Crippen molar-refractivity contribution >= 4 is 17.2 Å². The number of nitriles is 4. The number of hydrogen-bond acceptors (Lipinski definition) is 4. The van der Waals surface area contributed by atoms with Gasteiger partial charge in [0, 0.05) is 10.6 Å². The van der Waals surface area contributed by atoms with E-state index in [-0.39, 0.29) is 11.1 Å². The molecule has 4 nitrogen and oxygen atoms in total. The molecule has 0 heterocycles. The molecule has 5 heteroatoms. The third kappa shape index (κ3) is 2.66. The summed E-state index contributed by atoms with van der Waals surface area (Å²) in [5.74, 6) is -1.17. The Hall–Kier alpha value is -2.79. The highest BCUT2D eigenvalue weighted by Crippen LogP contribution is 2.27. The third-order valence-electron chi connectivity index (χ3n) is 2.20. The lowest BCUT2D eigenvalue weighted by Crippen LogP contribution is -2.01. The zero-order chi connectivity index (χ0) is 13.5. The second-order valence-electron chi connectivity index (χ2n) is 3.21. The van der Waals surface area contributed by atoms with Gasteiger partial charge in [0.1, 0.15) is 17.7 Å². The van der Waals surface area contributed by atoms with Gasteiger partial charge >= 0.3 is 0 Å². The molecule has 1 aromatic rings. The minimum absolute atomic E-state index is 0.113. The minimum Gasteiger partial charge on any atom is -0.196 e. The fourth-order valence-electron chi connectivity index (χ4n) is 1.39. The van der Waals surface area contributed by atoms with Crippen molar-refractivity contribution in [2.75, 3.05) is 0 Å². The minimum atomic E-state index is -1.17. The molecule has 1 aromatic carbocycles. The SMILES string of the molecule is N#CC(C#N)=C(c1ccc(Cl)cc1)C(C#N)C#N. The van der Waals surface area contributed by atoms with Crippen LogP contribution in [0.1, 0.15) is 5.56 Å². The highest BCUT2D eigenvalue weighted by Gasteiger charge is 2.20. The Bertz CT molecular complexity index is 615. The first-order valence-electron chi connectivity index (χ1n) is 4.77. The van der Waals surface area contributed by atoms with E-state index in [1.165, 1.54) is 0 Å². The number of nitrogens with zero attached hydrogens (tertiary/aromatic N) is 4. The Morgan fingerprint density at radius 2 is 1.44 bits per heavy atom. The average Bonchev–Trinajstić information content (AvgIpc) is 2.40. The smallest absolute Gasteiger partial charge is 0.160 e. The molecule has 0 N–H and O–H groups in total. The van der Waals surface area contributed by atoms with Crippen molar-refractivity contribution < 1.29 is 0 Å². The van der Waals surface area contributed by atoms with E-state index in [0.717, 1.165) is 0 Å². The first-order chi connectivity index (χ1) is 8.67. The van der Waals surface area contributed by atoms with Crippen molar-refractivity contribution in [3.05, 3.63) is 40.4 Å². The molecule has 1 rings (SSSR count). The molecule has 0 saturated heterocycles. The lowest BCUT2D eigenvalue weighted by atomic mass is 9.90. The van der Waals surface area contributed by atoms with Gasteiger partial charge in [-0.3, -0.25) is 0 Å². The number of benzene rings is 1. The summed E-state index contributed by atoms with van der Waals surface area (Å²) >= 11 is 5.73. The van der Waals surface area contributed by atoms with Gasteiger partial charge in [-0.2, -0.15) is 21.0 Å².